The SMILES string of the molecule is C=CC1CN(C(=O)O)C(C(C)(C)C)C(O)(C(Cl)(Cl)Cl)C1. The van der Waals surface area contributed by atoms with Gasteiger partial charge in [0, 0.05) is 6.54 Å². The average Bonchev–Trinajstić information content (AvgIpc) is 2.24. The average molecular weight is 345 g/mol. The predicted octanol–water partition coefficient (Wildman–Crippen LogP) is 3.69. The number of nitrogens with zero attached hydrogens (tertiary/aromatic N) is 1. The molecule has 1 heterocycles. The van der Waals surface area contributed by atoms with Crippen molar-refractivity contribution in [1.29, 1.82) is 0 Å². The fourth-order valence-corrected chi connectivity index (χ4v) is 3.53. The van der Waals surface area contributed by atoms with Crippen molar-refractivity contribution in [3.8, 4) is 0 Å². The predicted molar refractivity (Wildman–Crippen MR) is 81.5 cm³/mol. The lowest BCUT2D eigenvalue weighted by molar-refractivity contribution is -0.117. The quantitative estimate of drug-likeness (QED) is 0.563. The van der Waals surface area contributed by atoms with Crippen molar-refractivity contribution in [2.24, 2.45) is 11.3 Å². The van der Waals surface area contributed by atoms with Crippen molar-refractivity contribution in [1.82, 2.24) is 4.90 Å². The van der Waals surface area contributed by atoms with Gasteiger partial charge >= 0.3 is 6.09 Å². The van der Waals surface area contributed by atoms with Gasteiger partial charge in [0.05, 0.1) is 6.04 Å². The monoisotopic (exact) mass is 343 g/mol. The maximum Gasteiger partial charge on any atom is 0.407 e. The second-order valence-electron chi connectivity index (χ2n) is 6.33. The van der Waals surface area contributed by atoms with E-state index in [9.17, 15) is 15.0 Å². The molecule has 4 nitrogen and oxygen atoms in total. The van der Waals surface area contributed by atoms with Gasteiger partial charge in [-0.25, -0.2) is 4.79 Å². The van der Waals surface area contributed by atoms with Gasteiger partial charge in [0.1, 0.15) is 5.60 Å². The molecule has 0 aliphatic carbocycles. The zero-order valence-electron chi connectivity index (χ0n) is 11.7. The molecule has 1 aliphatic heterocycles. The Kier molecular flexibility index (Phi) is 4.97. The first-order chi connectivity index (χ1) is 8.84. The zero-order valence-corrected chi connectivity index (χ0v) is 14.0. The fraction of sp³-hybridized carbons (Fsp3) is 0.769. The summed E-state index contributed by atoms with van der Waals surface area (Å²) in [5.41, 5.74) is -2.38. The van der Waals surface area contributed by atoms with Crippen LogP contribution < -0.4 is 0 Å². The Labute approximate surface area is 134 Å². The molecule has 7 heteroatoms. The minimum atomic E-state index is -2.00. The van der Waals surface area contributed by atoms with E-state index in [2.05, 4.69) is 6.58 Å². The molecule has 0 spiro atoms. The molecule has 3 unspecified atom stereocenters. The zero-order chi connectivity index (χ0) is 15.9. The number of hydrogen-bond acceptors (Lipinski definition) is 2. The van der Waals surface area contributed by atoms with Gasteiger partial charge < -0.3 is 15.1 Å². The second-order valence-corrected chi connectivity index (χ2v) is 8.61. The van der Waals surface area contributed by atoms with E-state index < -0.39 is 26.9 Å². The lowest BCUT2D eigenvalue weighted by Crippen LogP contribution is -2.69. The Morgan fingerprint density at radius 2 is 1.90 bits per heavy atom. The number of carboxylic acid groups (broad SMARTS) is 1. The number of halogens is 3. The van der Waals surface area contributed by atoms with Crippen LogP contribution >= 0.6 is 34.8 Å². The Hall–Kier alpha value is -0.160. The van der Waals surface area contributed by atoms with Crippen molar-refractivity contribution in [3.05, 3.63) is 12.7 Å². The smallest absolute Gasteiger partial charge is 0.407 e. The van der Waals surface area contributed by atoms with Crippen LogP contribution in [-0.4, -0.2) is 43.2 Å². The van der Waals surface area contributed by atoms with Crippen LogP contribution in [-0.2, 0) is 0 Å². The van der Waals surface area contributed by atoms with Crippen molar-refractivity contribution >= 4 is 40.9 Å². The Morgan fingerprint density at radius 1 is 1.40 bits per heavy atom. The van der Waals surface area contributed by atoms with E-state index >= 15 is 0 Å². The highest BCUT2D eigenvalue weighted by molar-refractivity contribution is 6.68. The molecule has 116 valence electrons. The lowest BCUT2D eigenvalue weighted by atomic mass is 9.69. The van der Waals surface area contributed by atoms with Gasteiger partial charge in [-0.3, -0.25) is 0 Å². The number of likely N-dealkylation sites (tertiary alicyclic amines) is 1. The normalized spacial score (nSPS) is 32.0. The summed E-state index contributed by atoms with van der Waals surface area (Å²) in [6, 6.07) is -0.837. The van der Waals surface area contributed by atoms with Gasteiger partial charge in [0.2, 0.25) is 3.79 Å². The van der Waals surface area contributed by atoms with E-state index in [1.165, 1.54) is 0 Å². The second kappa shape index (κ2) is 5.56. The lowest BCUT2D eigenvalue weighted by Gasteiger charge is -2.55. The Morgan fingerprint density at radius 3 is 2.20 bits per heavy atom. The van der Waals surface area contributed by atoms with Crippen LogP contribution in [0.5, 0.6) is 0 Å². The maximum atomic E-state index is 11.5. The van der Waals surface area contributed by atoms with Gasteiger partial charge in [-0.1, -0.05) is 61.7 Å². The largest absolute Gasteiger partial charge is 0.465 e. The molecule has 0 bridgehead atoms. The molecular formula is C13H20Cl3NO3. The van der Waals surface area contributed by atoms with Crippen molar-refractivity contribution < 1.29 is 15.0 Å². The molecule has 1 rings (SSSR count). The van der Waals surface area contributed by atoms with Gasteiger partial charge in [-0.05, 0) is 17.8 Å². The molecule has 0 aromatic rings. The molecule has 3 atom stereocenters. The van der Waals surface area contributed by atoms with E-state index in [4.69, 9.17) is 34.8 Å². The number of carbonyl (C=O) groups is 1. The number of aliphatic hydroxyl groups is 1. The summed E-state index contributed by atoms with van der Waals surface area (Å²) in [4.78, 5) is 12.7. The molecule has 1 saturated heterocycles. The fourth-order valence-electron chi connectivity index (χ4n) is 2.99. The molecular weight excluding hydrogens is 325 g/mol. The van der Waals surface area contributed by atoms with Crippen LogP contribution in [0.1, 0.15) is 27.2 Å². The summed E-state index contributed by atoms with van der Waals surface area (Å²) in [6.45, 7) is 9.31. The highest BCUT2D eigenvalue weighted by Gasteiger charge is 2.61. The van der Waals surface area contributed by atoms with Crippen LogP contribution in [0.4, 0.5) is 4.79 Å². The van der Waals surface area contributed by atoms with E-state index in [0.29, 0.717) is 0 Å². The van der Waals surface area contributed by atoms with Crippen LogP contribution in [0.2, 0.25) is 0 Å². The van der Waals surface area contributed by atoms with Crippen LogP contribution in [0.3, 0.4) is 0 Å². The Bertz CT molecular complexity index is 403. The number of piperidine rings is 1. The Balaban J connectivity index is 3.41. The highest BCUT2D eigenvalue weighted by Crippen LogP contribution is 2.52. The van der Waals surface area contributed by atoms with E-state index in [0.717, 1.165) is 4.90 Å². The summed E-state index contributed by atoms with van der Waals surface area (Å²) in [5, 5.41) is 20.4. The number of alkyl halides is 3. The molecule has 0 radical (unpaired) electrons. The first-order valence-electron chi connectivity index (χ1n) is 6.26. The van der Waals surface area contributed by atoms with Gasteiger partial charge in [0.25, 0.3) is 0 Å². The van der Waals surface area contributed by atoms with Crippen LogP contribution in [0, 0.1) is 11.3 Å². The number of amides is 1. The molecule has 0 aromatic carbocycles. The van der Waals surface area contributed by atoms with Crippen LogP contribution in [0.25, 0.3) is 0 Å². The standard InChI is InChI=1S/C13H20Cl3NO3/c1-5-8-6-12(20,13(14,15)16)9(11(2,3)4)17(7-8)10(18)19/h5,8-9,20H,1,6-7H2,2-4H3,(H,18,19). The molecule has 1 fully saturated rings. The molecule has 0 saturated carbocycles. The minimum Gasteiger partial charge on any atom is -0.465 e. The van der Waals surface area contributed by atoms with E-state index in [-0.39, 0.29) is 18.9 Å². The van der Waals surface area contributed by atoms with E-state index in [1.807, 2.05) is 20.8 Å². The third-order valence-corrected chi connectivity index (χ3v) is 4.64. The topological polar surface area (TPSA) is 60.8 Å². The highest BCUT2D eigenvalue weighted by atomic mass is 35.6. The maximum absolute atomic E-state index is 11.5. The molecule has 1 amide bonds. The molecule has 0 aromatic heterocycles. The first kappa shape index (κ1) is 17.9. The summed E-state index contributed by atoms with van der Waals surface area (Å²) in [6.07, 6.45) is 0.582. The summed E-state index contributed by atoms with van der Waals surface area (Å²) < 4.78 is -2.00. The number of rotatable bonds is 1. The molecule has 2 N–H and O–H groups in total. The van der Waals surface area contributed by atoms with Gasteiger partial charge in [-0.2, -0.15) is 0 Å². The van der Waals surface area contributed by atoms with Crippen molar-refractivity contribution in [3.63, 3.8) is 0 Å². The van der Waals surface area contributed by atoms with Crippen LogP contribution in [0.15, 0.2) is 12.7 Å². The third-order valence-electron chi connectivity index (χ3n) is 3.66. The summed E-state index contributed by atoms with van der Waals surface area (Å²) in [5.74, 6) is -0.273. The van der Waals surface area contributed by atoms with E-state index in [1.54, 1.807) is 6.08 Å². The molecule has 20 heavy (non-hydrogen) atoms. The number of hydrogen-bond donors (Lipinski definition) is 2. The molecule has 1 aliphatic rings. The van der Waals surface area contributed by atoms with Crippen molar-refractivity contribution in [2.75, 3.05) is 6.54 Å². The first-order valence-corrected chi connectivity index (χ1v) is 7.39. The third kappa shape index (κ3) is 3.19. The van der Waals surface area contributed by atoms with Gasteiger partial charge in [0.15, 0.2) is 0 Å². The van der Waals surface area contributed by atoms with Gasteiger partial charge in [-0.15, -0.1) is 6.58 Å². The van der Waals surface area contributed by atoms with Crippen molar-refractivity contribution in [2.45, 2.75) is 42.6 Å². The summed E-state index contributed by atoms with van der Waals surface area (Å²) >= 11 is 17.9. The summed E-state index contributed by atoms with van der Waals surface area (Å²) in [7, 11) is 0. The minimum absolute atomic E-state index is 0.152.